The zero-order chi connectivity index (χ0) is 12.3. The molecule has 2 aromatic heterocycles. The van der Waals surface area contributed by atoms with E-state index in [0.717, 1.165) is 30.2 Å². The van der Waals surface area contributed by atoms with E-state index in [1.54, 1.807) is 11.3 Å². The van der Waals surface area contributed by atoms with Crippen molar-refractivity contribution in [2.24, 2.45) is 5.73 Å². The van der Waals surface area contributed by atoms with Gasteiger partial charge in [-0.25, -0.2) is 4.98 Å². The van der Waals surface area contributed by atoms with Crippen LogP contribution in [-0.2, 0) is 19.6 Å². The Morgan fingerprint density at radius 2 is 2.29 bits per heavy atom. The molecule has 0 amide bonds. The summed E-state index contributed by atoms with van der Waals surface area (Å²) in [6.45, 7) is 4.04. The van der Waals surface area contributed by atoms with Gasteiger partial charge in [0, 0.05) is 24.0 Å². The highest BCUT2D eigenvalue weighted by Gasteiger charge is 2.09. The second kappa shape index (κ2) is 5.39. The molecule has 0 atom stereocenters. The first-order valence-electron chi connectivity index (χ1n) is 5.41. The maximum absolute atomic E-state index is 5.48. The van der Waals surface area contributed by atoms with E-state index in [4.69, 9.17) is 10.3 Å². The fourth-order valence-electron chi connectivity index (χ4n) is 1.57. The van der Waals surface area contributed by atoms with Crippen molar-refractivity contribution in [2.75, 3.05) is 7.05 Å². The van der Waals surface area contributed by atoms with Gasteiger partial charge in [0.25, 0.3) is 0 Å². The van der Waals surface area contributed by atoms with Gasteiger partial charge in [-0.05, 0) is 14.0 Å². The number of nitrogens with zero attached hydrogens (tertiary/aromatic N) is 3. The molecule has 0 aromatic carbocycles. The molecule has 5 nitrogen and oxygen atoms in total. The topological polar surface area (TPSA) is 68.2 Å². The number of hydrogen-bond donors (Lipinski definition) is 1. The summed E-state index contributed by atoms with van der Waals surface area (Å²) in [5, 5.41) is 3.87. The molecular weight excluding hydrogens is 236 g/mol. The summed E-state index contributed by atoms with van der Waals surface area (Å²) in [5.74, 6) is 0.843. The molecule has 0 saturated heterocycles. The molecular formula is C11H16N4OS. The number of thiazole rings is 1. The fourth-order valence-corrected chi connectivity index (χ4v) is 2.43. The average Bonchev–Trinajstić information content (AvgIpc) is 2.89. The van der Waals surface area contributed by atoms with E-state index >= 15 is 0 Å². The quantitative estimate of drug-likeness (QED) is 0.874. The largest absolute Gasteiger partial charge is 0.360 e. The van der Waals surface area contributed by atoms with Crippen molar-refractivity contribution in [1.29, 1.82) is 0 Å². The van der Waals surface area contributed by atoms with Crippen molar-refractivity contribution >= 4 is 11.3 Å². The molecule has 0 radical (unpaired) electrons. The van der Waals surface area contributed by atoms with Crippen LogP contribution < -0.4 is 5.73 Å². The molecule has 0 bridgehead atoms. The summed E-state index contributed by atoms with van der Waals surface area (Å²) >= 11 is 1.68. The summed E-state index contributed by atoms with van der Waals surface area (Å²) in [7, 11) is 2.05. The molecule has 17 heavy (non-hydrogen) atoms. The minimum absolute atomic E-state index is 0.418. The third kappa shape index (κ3) is 3.12. The van der Waals surface area contributed by atoms with E-state index in [-0.39, 0.29) is 0 Å². The van der Waals surface area contributed by atoms with Gasteiger partial charge in [0.2, 0.25) is 0 Å². The molecule has 0 fully saturated rings. The average molecular weight is 252 g/mol. The number of aromatic nitrogens is 2. The summed E-state index contributed by atoms with van der Waals surface area (Å²) in [4.78, 5) is 7.69. The number of hydrogen-bond acceptors (Lipinski definition) is 6. The summed E-state index contributed by atoms with van der Waals surface area (Å²) in [6, 6.07) is 1.90. The van der Waals surface area contributed by atoms with E-state index in [1.807, 2.05) is 25.5 Å². The number of rotatable bonds is 5. The van der Waals surface area contributed by atoms with Gasteiger partial charge >= 0.3 is 0 Å². The van der Waals surface area contributed by atoms with Gasteiger partial charge in [0.15, 0.2) is 5.76 Å². The van der Waals surface area contributed by atoms with Crippen LogP contribution in [0.15, 0.2) is 16.1 Å². The van der Waals surface area contributed by atoms with Crippen LogP contribution in [0.3, 0.4) is 0 Å². The molecule has 92 valence electrons. The normalized spacial score (nSPS) is 11.3. The van der Waals surface area contributed by atoms with Crippen molar-refractivity contribution < 1.29 is 4.52 Å². The maximum Gasteiger partial charge on any atom is 0.151 e. The van der Waals surface area contributed by atoms with Crippen LogP contribution in [0, 0.1) is 6.92 Å². The Hall–Kier alpha value is -1.24. The van der Waals surface area contributed by atoms with Gasteiger partial charge in [-0.15, -0.1) is 11.3 Å². The predicted octanol–water partition coefficient (Wildman–Crippen LogP) is 1.53. The molecule has 0 aliphatic heterocycles. The van der Waals surface area contributed by atoms with Crippen molar-refractivity contribution in [1.82, 2.24) is 15.0 Å². The minimum Gasteiger partial charge on any atom is -0.360 e. The molecule has 0 unspecified atom stereocenters. The highest BCUT2D eigenvalue weighted by atomic mass is 32.1. The van der Waals surface area contributed by atoms with E-state index < -0.39 is 0 Å². The molecule has 0 spiro atoms. The Labute approximate surface area is 104 Å². The smallest absolute Gasteiger partial charge is 0.151 e. The third-order valence-corrected chi connectivity index (χ3v) is 3.42. The molecule has 2 aromatic rings. The molecule has 2 heterocycles. The van der Waals surface area contributed by atoms with Crippen LogP contribution in [0.25, 0.3) is 0 Å². The lowest BCUT2D eigenvalue weighted by Crippen LogP contribution is -2.16. The number of aryl methyl sites for hydroxylation is 1. The Kier molecular flexibility index (Phi) is 3.88. The molecule has 6 heteroatoms. The Morgan fingerprint density at radius 3 is 2.88 bits per heavy atom. The lowest BCUT2D eigenvalue weighted by Gasteiger charge is -2.13. The van der Waals surface area contributed by atoms with Crippen LogP contribution in [0.1, 0.15) is 22.0 Å². The number of nitrogens with two attached hydrogens (primary N) is 1. The van der Waals surface area contributed by atoms with Gasteiger partial charge in [-0.1, -0.05) is 5.16 Å². The Bertz CT molecular complexity index is 479. The van der Waals surface area contributed by atoms with Gasteiger partial charge in [0.05, 0.1) is 23.4 Å². The second-order valence-electron chi connectivity index (χ2n) is 4.02. The van der Waals surface area contributed by atoms with Crippen LogP contribution in [-0.4, -0.2) is 22.1 Å². The molecule has 0 aliphatic rings. The Morgan fingerprint density at radius 1 is 1.47 bits per heavy atom. The van der Waals surface area contributed by atoms with E-state index in [0.29, 0.717) is 6.54 Å². The van der Waals surface area contributed by atoms with Crippen molar-refractivity contribution in [3.63, 3.8) is 0 Å². The summed E-state index contributed by atoms with van der Waals surface area (Å²) in [6.07, 6.45) is 0. The highest BCUT2D eigenvalue weighted by Crippen LogP contribution is 2.15. The van der Waals surface area contributed by atoms with Gasteiger partial charge < -0.3 is 10.3 Å². The first kappa shape index (κ1) is 12.2. The summed E-state index contributed by atoms with van der Waals surface area (Å²) < 4.78 is 5.19. The Balaban J connectivity index is 1.93. The van der Waals surface area contributed by atoms with Crippen LogP contribution in [0.5, 0.6) is 0 Å². The van der Waals surface area contributed by atoms with Crippen molar-refractivity contribution in [3.05, 3.63) is 33.6 Å². The van der Waals surface area contributed by atoms with Crippen LogP contribution in [0.2, 0.25) is 0 Å². The van der Waals surface area contributed by atoms with E-state index in [2.05, 4.69) is 15.0 Å². The van der Waals surface area contributed by atoms with Gasteiger partial charge in [-0.3, -0.25) is 4.90 Å². The van der Waals surface area contributed by atoms with E-state index in [9.17, 15) is 0 Å². The van der Waals surface area contributed by atoms with Gasteiger partial charge in [0.1, 0.15) is 0 Å². The maximum atomic E-state index is 5.48. The van der Waals surface area contributed by atoms with E-state index in [1.165, 1.54) is 4.88 Å². The molecule has 2 N–H and O–H groups in total. The molecule has 0 aliphatic carbocycles. The predicted molar refractivity (Wildman–Crippen MR) is 66.4 cm³/mol. The van der Waals surface area contributed by atoms with Gasteiger partial charge in [-0.2, -0.15) is 0 Å². The zero-order valence-electron chi connectivity index (χ0n) is 10.0. The SMILES string of the molecule is Cc1ncsc1CN(C)Cc1cc(CN)no1. The first-order chi connectivity index (χ1) is 8.19. The van der Waals surface area contributed by atoms with Crippen molar-refractivity contribution in [3.8, 4) is 0 Å². The molecule has 2 rings (SSSR count). The second-order valence-corrected chi connectivity index (χ2v) is 4.96. The highest BCUT2D eigenvalue weighted by molar-refractivity contribution is 7.09. The van der Waals surface area contributed by atoms with Crippen molar-refractivity contribution in [2.45, 2.75) is 26.6 Å². The molecule has 0 saturated carbocycles. The first-order valence-corrected chi connectivity index (χ1v) is 6.29. The monoisotopic (exact) mass is 252 g/mol. The van der Waals surface area contributed by atoms with Crippen LogP contribution >= 0.6 is 11.3 Å². The zero-order valence-corrected chi connectivity index (χ0v) is 10.8. The fraction of sp³-hybridized carbons (Fsp3) is 0.455. The lowest BCUT2D eigenvalue weighted by atomic mass is 10.3. The van der Waals surface area contributed by atoms with Crippen LogP contribution in [0.4, 0.5) is 0 Å². The summed E-state index contributed by atoms with van der Waals surface area (Å²) in [5.41, 5.74) is 9.25. The lowest BCUT2D eigenvalue weighted by molar-refractivity contribution is 0.267. The standard InChI is InChI=1S/C11H16N4OS/c1-8-11(17-7-13-8)6-15(2)5-10-3-9(4-12)14-16-10/h3,7H,4-6,12H2,1-2H3. The third-order valence-electron chi connectivity index (χ3n) is 2.50. The minimum atomic E-state index is 0.418.